The van der Waals surface area contributed by atoms with Gasteiger partial charge in [0.15, 0.2) is 0 Å². The lowest BCUT2D eigenvalue weighted by molar-refractivity contribution is 0.460. The van der Waals surface area contributed by atoms with Crippen LogP contribution in [0, 0.1) is 0 Å². The minimum atomic E-state index is -0.104. The molecule has 4 aromatic carbocycles. The minimum Gasteiger partial charge on any atom is -0.457 e. The summed E-state index contributed by atoms with van der Waals surface area (Å²) < 4.78 is 12.5. The monoisotopic (exact) mass is 494 g/mol. The number of hydrogen-bond acceptors (Lipinski definition) is 4. The van der Waals surface area contributed by atoms with Gasteiger partial charge in [-0.25, -0.2) is 0 Å². The van der Waals surface area contributed by atoms with E-state index in [1.807, 2.05) is 48.5 Å². The first-order valence-corrected chi connectivity index (χ1v) is 13.3. The zero-order chi connectivity index (χ0) is 26.4. The predicted molar refractivity (Wildman–Crippen MR) is 155 cm³/mol. The summed E-state index contributed by atoms with van der Waals surface area (Å²) in [4.78, 5) is 0. The second kappa shape index (κ2) is 11.4. The number of ether oxygens (including phenoxy) is 2. The first-order valence-electron chi connectivity index (χ1n) is 13.3. The van der Waals surface area contributed by atoms with Gasteiger partial charge in [0.1, 0.15) is 23.0 Å². The summed E-state index contributed by atoms with van der Waals surface area (Å²) >= 11 is 0. The molecule has 0 aliphatic rings. The lowest BCUT2D eigenvalue weighted by atomic mass is 9.70. The molecule has 0 amide bonds. The predicted octanol–water partition coefficient (Wildman–Crippen LogP) is 8.67. The zero-order valence-electron chi connectivity index (χ0n) is 22.4. The summed E-state index contributed by atoms with van der Waals surface area (Å²) in [7, 11) is 0. The van der Waals surface area contributed by atoms with Gasteiger partial charge in [0, 0.05) is 16.8 Å². The number of aryl methyl sites for hydroxylation is 2. The van der Waals surface area contributed by atoms with Crippen molar-refractivity contribution in [3.05, 3.63) is 107 Å². The maximum Gasteiger partial charge on any atom is 0.130 e. The molecule has 0 heterocycles. The molecule has 4 nitrogen and oxygen atoms in total. The lowest BCUT2D eigenvalue weighted by Crippen LogP contribution is -2.26. The molecule has 0 aromatic heterocycles. The highest BCUT2D eigenvalue weighted by Gasteiger charge is 2.32. The lowest BCUT2D eigenvalue weighted by Gasteiger charge is -2.34. The molecule has 0 fully saturated rings. The zero-order valence-corrected chi connectivity index (χ0v) is 22.4. The van der Waals surface area contributed by atoms with Crippen molar-refractivity contribution in [3.8, 4) is 23.0 Å². The van der Waals surface area contributed by atoms with Crippen molar-refractivity contribution >= 4 is 11.4 Å². The number of hydrogen-bond donors (Lipinski definition) is 2. The van der Waals surface area contributed by atoms with Crippen molar-refractivity contribution < 1.29 is 9.47 Å². The minimum absolute atomic E-state index is 0.104. The van der Waals surface area contributed by atoms with E-state index in [1.54, 1.807) is 0 Å². The maximum absolute atomic E-state index is 6.23. The van der Waals surface area contributed by atoms with Crippen molar-refractivity contribution in [1.29, 1.82) is 0 Å². The van der Waals surface area contributed by atoms with E-state index in [9.17, 15) is 0 Å². The number of benzene rings is 4. The van der Waals surface area contributed by atoms with Crippen LogP contribution in [0.15, 0.2) is 84.9 Å². The molecule has 0 spiro atoms. The van der Waals surface area contributed by atoms with Gasteiger partial charge in [-0.2, -0.15) is 0 Å². The summed E-state index contributed by atoms with van der Waals surface area (Å²) in [6, 6.07) is 28.4. The molecule has 0 aliphatic carbocycles. The highest BCUT2D eigenvalue weighted by Crippen LogP contribution is 2.42. The van der Waals surface area contributed by atoms with E-state index in [1.165, 1.54) is 22.3 Å². The van der Waals surface area contributed by atoms with Crippen LogP contribution in [-0.4, -0.2) is 0 Å². The molecule has 4 heteroatoms. The van der Waals surface area contributed by atoms with Gasteiger partial charge >= 0.3 is 0 Å². The Morgan fingerprint density at radius 1 is 0.541 bits per heavy atom. The molecule has 0 saturated carbocycles. The van der Waals surface area contributed by atoms with Gasteiger partial charge in [-0.1, -0.05) is 52.0 Å². The summed E-state index contributed by atoms with van der Waals surface area (Å²) in [5.74, 6) is 3.36. The van der Waals surface area contributed by atoms with E-state index in [4.69, 9.17) is 20.9 Å². The second-order valence-electron chi connectivity index (χ2n) is 9.48. The third-order valence-corrected chi connectivity index (χ3v) is 7.41. The number of nitrogen functional groups attached to an aromatic ring is 2. The van der Waals surface area contributed by atoms with E-state index >= 15 is 0 Å². The Morgan fingerprint density at radius 2 is 0.919 bits per heavy atom. The first-order chi connectivity index (χ1) is 17.9. The van der Waals surface area contributed by atoms with Crippen molar-refractivity contribution in [2.24, 2.45) is 0 Å². The highest BCUT2D eigenvalue weighted by molar-refractivity contribution is 5.51. The molecule has 0 bridgehead atoms. The van der Waals surface area contributed by atoms with Gasteiger partial charge in [-0.05, 0) is 109 Å². The molecule has 0 unspecified atom stereocenters. The fraction of sp³-hybridized carbons (Fsp3) is 0.273. The van der Waals surface area contributed by atoms with Crippen LogP contribution in [0.3, 0.4) is 0 Å². The Balaban J connectivity index is 1.69. The standard InChI is InChI=1S/C33H38N2O2/c1-5-23-21-25(9-19-31(23)36-29-15-11-27(34)12-16-29)33(7-3,8-4)26-10-20-32(24(6-2)22-26)37-30-17-13-28(35)14-18-30/h9-22H,5-8,34-35H2,1-4H3. The third-order valence-electron chi connectivity index (χ3n) is 7.41. The Morgan fingerprint density at radius 3 is 1.24 bits per heavy atom. The number of rotatable bonds is 10. The van der Waals surface area contributed by atoms with E-state index in [-0.39, 0.29) is 5.41 Å². The highest BCUT2D eigenvalue weighted by atomic mass is 16.5. The molecule has 0 radical (unpaired) electrons. The smallest absolute Gasteiger partial charge is 0.130 e. The summed E-state index contributed by atoms with van der Waals surface area (Å²) in [6.07, 6.45) is 3.75. The summed E-state index contributed by atoms with van der Waals surface area (Å²) in [5, 5.41) is 0. The van der Waals surface area contributed by atoms with Crippen LogP contribution in [0.5, 0.6) is 23.0 Å². The van der Waals surface area contributed by atoms with Crippen LogP contribution in [0.1, 0.15) is 62.8 Å². The SMILES string of the molecule is CCc1cc(C(CC)(CC)c2ccc(Oc3ccc(N)cc3)c(CC)c2)ccc1Oc1ccc(N)cc1. The van der Waals surface area contributed by atoms with Crippen molar-refractivity contribution in [3.63, 3.8) is 0 Å². The van der Waals surface area contributed by atoms with Crippen LogP contribution in [0.2, 0.25) is 0 Å². The molecule has 192 valence electrons. The molecule has 4 aromatic rings. The van der Waals surface area contributed by atoms with Gasteiger partial charge in [-0.15, -0.1) is 0 Å². The topological polar surface area (TPSA) is 70.5 Å². The molecule has 4 rings (SSSR count). The van der Waals surface area contributed by atoms with Crippen LogP contribution >= 0.6 is 0 Å². The number of nitrogens with two attached hydrogens (primary N) is 2. The van der Waals surface area contributed by atoms with Gasteiger partial charge in [0.25, 0.3) is 0 Å². The normalized spacial score (nSPS) is 11.4. The second-order valence-corrected chi connectivity index (χ2v) is 9.48. The molecule has 0 aliphatic heterocycles. The Bertz CT molecular complexity index is 1220. The van der Waals surface area contributed by atoms with Gasteiger partial charge < -0.3 is 20.9 Å². The Labute approximate surface area is 221 Å². The quantitative estimate of drug-likeness (QED) is 0.216. The van der Waals surface area contributed by atoms with Crippen molar-refractivity contribution in [1.82, 2.24) is 0 Å². The number of anilines is 2. The van der Waals surface area contributed by atoms with Gasteiger partial charge in [-0.3, -0.25) is 0 Å². The van der Waals surface area contributed by atoms with Gasteiger partial charge in [0.05, 0.1) is 0 Å². The summed E-state index contributed by atoms with van der Waals surface area (Å²) in [5.41, 5.74) is 18.0. The average molecular weight is 495 g/mol. The molecule has 0 saturated heterocycles. The van der Waals surface area contributed by atoms with Crippen molar-refractivity contribution in [2.45, 2.75) is 58.8 Å². The van der Waals surface area contributed by atoms with Gasteiger partial charge in [0.2, 0.25) is 0 Å². The third kappa shape index (κ3) is 5.59. The fourth-order valence-electron chi connectivity index (χ4n) is 5.06. The van der Waals surface area contributed by atoms with E-state index in [0.717, 1.165) is 60.1 Å². The molecular formula is C33H38N2O2. The van der Waals surface area contributed by atoms with Crippen LogP contribution in [0.4, 0.5) is 11.4 Å². The van der Waals surface area contributed by atoms with Crippen LogP contribution in [-0.2, 0) is 18.3 Å². The largest absolute Gasteiger partial charge is 0.457 e. The van der Waals surface area contributed by atoms with E-state index < -0.39 is 0 Å². The molecular weight excluding hydrogens is 456 g/mol. The Kier molecular flexibility index (Phi) is 8.08. The van der Waals surface area contributed by atoms with E-state index in [2.05, 4.69) is 64.1 Å². The Hall–Kier alpha value is -3.92. The van der Waals surface area contributed by atoms with Crippen LogP contribution in [0.25, 0.3) is 0 Å². The molecule has 0 atom stereocenters. The fourth-order valence-corrected chi connectivity index (χ4v) is 5.06. The van der Waals surface area contributed by atoms with Crippen LogP contribution < -0.4 is 20.9 Å². The van der Waals surface area contributed by atoms with E-state index in [0.29, 0.717) is 0 Å². The summed E-state index contributed by atoms with van der Waals surface area (Å²) in [6.45, 7) is 8.90. The average Bonchev–Trinajstić information content (AvgIpc) is 2.93. The molecule has 4 N–H and O–H groups in total. The maximum atomic E-state index is 6.23. The molecule has 37 heavy (non-hydrogen) atoms. The first kappa shape index (κ1) is 26.2. The van der Waals surface area contributed by atoms with Crippen molar-refractivity contribution in [2.75, 3.05) is 11.5 Å².